The number of aliphatic hydroxyl groups is 1. The number of nitrogens with one attached hydrogen (secondary N) is 3. The summed E-state index contributed by atoms with van der Waals surface area (Å²) in [4.78, 5) is 47.8. The molecule has 1 atom stereocenters. The molecule has 0 unspecified atom stereocenters. The number of amides is 2. The second-order valence-corrected chi connectivity index (χ2v) is 14.1. The zero-order valence-corrected chi connectivity index (χ0v) is 30.6. The fourth-order valence-corrected chi connectivity index (χ4v) is 6.82. The van der Waals surface area contributed by atoms with Crippen molar-refractivity contribution in [3.05, 3.63) is 77.3 Å². The molecule has 6 rings (SSSR count). The summed E-state index contributed by atoms with van der Waals surface area (Å²) < 4.78 is 11.8. The van der Waals surface area contributed by atoms with Crippen molar-refractivity contribution in [2.75, 3.05) is 37.4 Å². The molecule has 4 N–H and O–H groups in total. The molecule has 1 saturated heterocycles. The molecule has 2 aromatic carbocycles. The topological polar surface area (TPSA) is 185 Å². The number of nitrogens with zero attached hydrogens (tertiary/aromatic N) is 5. The van der Waals surface area contributed by atoms with Gasteiger partial charge in [-0.15, -0.1) is 10.2 Å². The van der Waals surface area contributed by atoms with Crippen LogP contribution in [0.2, 0.25) is 0 Å². The van der Waals surface area contributed by atoms with E-state index in [-0.39, 0.29) is 42.1 Å². The fraction of sp³-hybridized carbons (Fsp3) is 0.462. The molecule has 280 valence electrons. The summed E-state index contributed by atoms with van der Waals surface area (Å²) in [6.07, 6.45) is 8.82. The lowest BCUT2D eigenvalue weighted by Crippen LogP contribution is -2.37. The van der Waals surface area contributed by atoms with Crippen LogP contribution in [0.5, 0.6) is 0 Å². The predicted molar refractivity (Wildman–Crippen MR) is 198 cm³/mol. The summed E-state index contributed by atoms with van der Waals surface area (Å²) in [5.74, 6) is 1.29. The number of rotatable bonds is 16. The van der Waals surface area contributed by atoms with Crippen LogP contribution in [0.15, 0.2) is 59.1 Å². The molecule has 0 saturated carbocycles. The van der Waals surface area contributed by atoms with Gasteiger partial charge in [0.05, 0.1) is 23.8 Å². The van der Waals surface area contributed by atoms with Crippen molar-refractivity contribution in [1.29, 1.82) is 0 Å². The number of anilines is 3. The molecule has 14 heteroatoms. The number of hydrogen-bond donors (Lipinski definition) is 4. The van der Waals surface area contributed by atoms with Crippen molar-refractivity contribution in [2.24, 2.45) is 0 Å². The molecule has 2 amide bonds. The molecule has 0 bridgehead atoms. The van der Waals surface area contributed by atoms with Crippen molar-refractivity contribution < 1.29 is 28.6 Å². The van der Waals surface area contributed by atoms with Gasteiger partial charge in [0.1, 0.15) is 11.4 Å². The molecule has 2 aliphatic rings. The first kappa shape index (κ1) is 37.4. The highest BCUT2D eigenvalue weighted by atomic mass is 16.6. The zero-order chi connectivity index (χ0) is 37.4. The number of carbonyl (C=O) groups excluding carboxylic acids is 3. The Morgan fingerprint density at radius 2 is 1.72 bits per heavy atom. The molecule has 2 aromatic heterocycles. The van der Waals surface area contributed by atoms with Crippen molar-refractivity contribution in [2.45, 2.75) is 89.2 Å². The van der Waals surface area contributed by atoms with Gasteiger partial charge in [-0.3, -0.25) is 9.59 Å². The second kappa shape index (κ2) is 17.0. The van der Waals surface area contributed by atoms with E-state index in [9.17, 15) is 19.5 Å². The van der Waals surface area contributed by atoms with Gasteiger partial charge in [0.25, 0.3) is 5.89 Å². The minimum Gasteiger partial charge on any atom is -0.451 e. The minimum atomic E-state index is -0.760. The molecule has 4 aromatic rings. The average molecular weight is 725 g/mol. The molecule has 0 spiro atoms. The van der Waals surface area contributed by atoms with E-state index in [1.54, 1.807) is 25.4 Å². The number of cyclic esters (lactones) is 1. The first-order valence-electron chi connectivity index (χ1n) is 18.4. The smallest absolute Gasteiger partial charge is 0.339 e. The lowest BCUT2D eigenvalue weighted by Gasteiger charge is -2.30. The standard InChI is InChI=1S/C39H48N8O6/c1-39(2)30-22-27(16-17-28(30)37(51)53-39)42-38-41-23-29(34(44-38)43-31(24-48)25-12-8-7-9-13-25)36-46-45-35(52-36)26-18-20-47(21-19-26)33(50)15-11-6-4-5-10-14-32(49)40-3/h7-9,12-13,16-17,22-23,26,31,48H,4-6,10-11,14-15,18-21,24H2,1-3H3,(H,40,49)(H2,41,42,43,44)/t31-/m1/s1. The summed E-state index contributed by atoms with van der Waals surface area (Å²) in [5, 5.41) is 28.4. The zero-order valence-electron chi connectivity index (χ0n) is 30.6. The van der Waals surface area contributed by atoms with Gasteiger partial charge in [-0.25, -0.2) is 9.78 Å². The molecule has 0 aliphatic carbocycles. The molecule has 4 heterocycles. The highest BCUT2D eigenvalue weighted by Gasteiger charge is 2.38. The van der Waals surface area contributed by atoms with Gasteiger partial charge in [-0.2, -0.15) is 4.98 Å². The van der Waals surface area contributed by atoms with Crippen molar-refractivity contribution in [1.82, 2.24) is 30.4 Å². The number of likely N-dealkylation sites (tertiary alicyclic amines) is 1. The van der Waals surface area contributed by atoms with E-state index >= 15 is 0 Å². The lowest BCUT2D eigenvalue weighted by molar-refractivity contribution is -0.132. The van der Waals surface area contributed by atoms with E-state index in [2.05, 4.69) is 31.1 Å². The number of esters is 1. The molecule has 0 radical (unpaired) electrons. The van der Waals surface area contributed by atoms with Crippen LogP contribution in [0.3, 0.4) is 0 Å². The van der Waals surface area contributed by atoms with E-state index in [0.29, 0.717) is 67.3 Å². The second-order valence-electron chi connectivity index (χ2n) is 14.1. The third-order valence-electron chi connectivity index (χ3n) is 9.92. The summed E-state index contributed by atoms with van der Waals surface area (Å²) in [6, 6.07) is 14.4. The minimum absolute atomic E-state index is 0.00770. The fourth-order valence-electron chi connectivity index (χ4n) is 6.82. The first-order valence-corrected chi connectivity index (χ1v) is 18.4. The number of ether oxygens (including phenoxy) is 1. The maximum Gasteiger partial charge on any atom is 0.339 e. The number of benzene rings is 2. The molecule has 1 fully saturated rings. The van der Waals surface area contributed by atoms with Crippen LogP contribution in [0, 0.1) is 0 Å². The summed E-state index contributed by atoms with van der Waals surface area (Å²) in [6.45, 7) is 4.74. The van der Waals surface area contributed by atoms with E-state index < -0.39 is 11.6 Å². The number of carbonyl (C=O) groups is 3. The van der Waals surface area contributed by atoms with Crippen LogP contribution < -0.4 is 16.0 Å². The summed E-state index contributed by atoms with van der Waals surface area (Å²) in [7, 11) is 1.65. The maximum atomic E-state index is 12.9. The van der Waals surface area contributed by atoms with Crippen LogP contribution in [0.25, 0.3) is 11.5 Å². The Labute approximate surface area is 309 Å². The number of aliphatic hydroxyl groups excluding tert-OH is 1. The average Bonchev–Trinajstić information content (AvgIpc) is 3.75. The Kier molecular flexibility index (Phi) is 12.0. The molecular weight excluding hydrogens is 676 g/mol. The maximum absolute atomic E-state index is 12.9. The SMILES string of the molecule is CNC(=O)CCCCCCCC(=O)N1CCC(c2nnc(-c3cnc(Nc4ccc5c(c4)C(C)(C)OC5=O)nc3N[C@H](CO)c3ccccc3)o2)CC1. The molecule has 53 heavy (non-hydrogen) atoms. The quantitative estimate of drug-likeness (QED) is 0.0781. The number of unbranched alkanes of at least 4 members (excludes halogenated alkanes) is 4. The Balaban J connectivity index is 1.12. The van der Waals surface area contributed by atoms with Crippen LogP contribution in [-0.2, 0) is 19.9 Å². The summed E-state index contributed by atoms with van der Waals surface area (Å²) >= 11 is 0. The van der Waals surface area contributed by atoms with Gasteiger partial charge in [0.15, 0.2) is 0 Å². The number of piperidine rings is 1. The lowest BCUT2D eigenvalue weighted by atomic mass is 9.95. The Morgan fingerprint density at radius 3 is 2.45 bits per heavy atom. The van der Waals surface area contributed by atoms with Crippen LogP contribution in [0.1, 0.15) is 111 Å². The highest BCUT2D eigenvalue weighted by molar-refractivity contribution is 5.95. The number of aromatic nitrogens is 4. The van der Waals surface area contributed by atoms with E-state index in [1.807, 2.05) is 55.1 Å². The third kappa shape index (κ3) is 9.17. The van der Waals surface area contributed by atoms with Gasteiger partial charge < -0.3 is 35.1 Å². The van der Waals surface area contributed by atoms with Gasteiger partial charge in [-0.05, 0) is 63.3 Å². The highest BCUT2D eigenvalue weighted by Crippen LogP contribution is 2.38. The van der Waals surface area contributed by atoms with Gasteiger partial charge in [0, 0.05) is 56.3 Å². The van der Waals surface area contributed by atoms with E-state index in [0.717, 1.165) is 43.2 Å². The van der Waals surface area contributed by atoms with Gasteiger partial charge >= 0.3 is 5.97 Å². The van der Waals surface area contributed by atoms with Crippen LogP contribution in [0.4, 0.5) is 17.5 Å². The summed E-state index contributed by atoms with van der Waals surface area (Å²) in [5.41, 5.74) is 2.54. The van der Waals surface area contributed by atoms with Crippen molar-refractivity contribution in [3.63, 3.8) is 0 Å². The Morgan fingerprint density at radius 1 is 0.981 bits per heavy atom. The van der Waals surface area contributed by atoms with Gasteiger partial charge in [-0.1, -0.05) is 49.6 Å². The molecular formula is C39H48N8O6. The first-order chi connectivity index (χ1) is 25.6. The third-order valence-corrected chi connectivity index (χ3v) is 9.92. The molecule has 14 nitrogen and oxygen atoms in total. The molecule has 2 aliphatic heterocycles. The van der Waals surface area contributed by atoms with Crippen LogP contribution in [-0.4, -0.2) is 74.7 Å². The van der Waals surface area contributed by atoms with E-state index in [4.69, 9.17) is 14.1 Å². The number of hydrogen-bond acceptors (Lipinski definition) is 12. The Bertz CT molecular complexity index is 1890. The largest absolute Gasteiger partial charge is 0.451 e. The number of fused-ring (bicyclic) bond motifs is 1. The monoisotopic (exact) mass is 724 g/mol. The van der Waals surface area contributed by atoms with E-state index in [1.165, 1.54) is 0 Å². The normalized spacial score (nSPS) is 15.8. The predicted octanol–water partition coefficient (Wildman–Crippen LogP) is 6.00. The van der Waals surface area contributed by atoms with Crippen molar-refractivity contribution >= 4 is 35.2 Å². The van der Waals surface area contributed by atoms with Crippen LogP contribution >= 0.6 is 0 Å². The Hall–Kier alpha value is -5.37. The van der Waals surface area contributed by atoms with Gasteiger partial charge in [0.2, 0.25) is 23.7 Å². The van der Waals surface area contributed by atoms with Crippen molar-refractivity contribution in [3.8, 4) is 11.5 Å².